The summed E-state index contributed by atoms with van der Waals surface area (Å²) in [5, 5.41) is 7.58. The summed E-state index contributed by atoms with van der Waals surface area (Å²) in [5.74, 6) is 0.470. The zero-order valence-electron chi connectivity index (χ0n) is 14.7. The molecule has 3 aromatic rings. The number of fused-ring (bicyclic) bond motifs is 1. The molecule has 0 unspecified atom stereocenters. The zero-order chi connectivity index (χ0) is 17.2. The van der Waals surface area contributed by atoms with Crippen LogP contribution in [-0.4, -0.2) is 57.1 Å². The molecule has 0 bridgehead atoms. The Labute approximate surface area is 157 Å². The Morgan fingerprint density at radius 3 is 2.92 bits per heavy atom. The van der Waals surface area contributed by atoms with Gasteiger partial charge in [0, 0.05) is 43.8 Å². The summed E-state index contributed by atoms with van der Waals surface area (Å²) in [6, 6.07) is 1.91. The monoisotopic (exact) mass is 376 g/mol. The summed E-state index contributed by atoms with van der Waals surface area (Å²) in [4.78, 5) is 13.5. The number of aryl methyl sites for hydroxylation is 1. The number of pyridine rings is 1. The highest BCUT2D eigenvalue weighted by atomic mass is 35.5. The van der Waals surface area contributed by atoms with Crippen LogP contribution in [0.2, 0.25) is 0 Å². The molecule has 8 nitrogen and oxygen atoms in total. The van der Waals surface area contributed by atoms with Crippen LogP contribution in [0.4, 0.5) is 0 Å². The molecule has 138 valence electrons. The van der Waals surface area contributed by atoms with E-state index in [1.165, 1.54) is 0 Å². The Hall–Kier alpha value is -2.29. The van der Waals surface area contributed by atoms with E-state index in [-0.39, 0.29) is 18.5 Å². The maximum absolute atomic E-state index is 5.96. The molecule has 3 aromatic heterocycles. The van der Waals surface area contributed by atoms with Crippen molar-refractivity contribution in [3.05, 3.63) is 30.4 Å². The van der Waals surface area contributed by atoms with Gasteiger partial charge in [-0.1, -0.05) is 0 Å². The van der Waals surface area contributed by atoms with E-state index in [2.05, 4.69) is 25.4 Å². The average molecular weight is 377 g/mol. The first-order valence-electron chi connectivity index (χ1n) is 8.28. The van der Waals surface area contributed by atoms with Crippen molar-refractivity contribution in [1.29, 1.82) is 0 Å². The van der Waals surface area contributed by atoms with Crippen LogP contribution < -0.4 is 10.1 Å². The van der Waals surface area contributed by atoms with Gasteiger partial charge < -0.3 is 14.8 Å². The van der Waals surface area contributed by atoms with E-state index in [1.54, 1.807) is 18.6 Å². The number of halogens is 1. The molecule has 4 heterocycles. The van der Waals surface area contributed by atoms with E-state index < -0.39 is 0 Å². The fraction of sp³-hybridized carbons (Fsp3) is 0.412. The Balaban J connectivity index is 0.00000196. The first-order chi connectivity index (χ1) is 12.2. The lowest BCUT2D eigenvalue weighted by molar-refractivity contribution is -0.000407. The van der Waals surface area contributed by atoms with Gasteiger partial charge in [-0.15, -0.1) is 12.4 Å². The third-order valence-corrected chi connectivity index (χ3v) is 4.35. The van der Waals surface area contributed by atoms with Gasteiger partial charge in [0.1, 0.15) is 12.7 Å². The minimum atomic E-state index is 0. The first-order valence-corrected chi connectivity index (χ1v) is 8.28. The van der Waals surface area contributed by atoms with E-state index in [0.29, 0.717) is 24.6 Å². The van der Waals surface area contributed by atoms with Crippen LogP contribution >= 0.6 is 12.4 Å². The predicted octanol–water partition coefficient (Wildman–Crippen LogP) is 1.52. The summed E-state index contributed by atoms with van der Waals surface area (Å²) in [6.07, 6.45) is 5.12. The Kier molecular flexibility index (Phi) is 5.65. The molecule has 0 amide bonds. The van der Waals surface area contributed by atoms with Gasteiger partial charge in [0.2, 0.25) is 5.88 Å². The summed E-state index contributed by atoms with van der Waals surface area (Å²) < 4.78 is 13.5. The van der Waals surface area contributed by atoms with Crippen molar-refractivity contribution in [2.24, 2.45) is 7.05 Å². The maximum Gasteiger partial charge on any atom is 0.242 e. The second-order valence-corrected chi connectivity index (χ2v) is 6.01. The summed E-state index contributed by atoms with van der Waals surface area (Å²) in [7, 11) is 1.91. The van der Waals surface area contributed by atoms with Gasteiger partial charge in [0.05, 0.1) is 24.0 Å². The van der Waals surface area contributed by atoms with Crippen LogP contribution in [0.1, 0.15) is 5.69 Å². The SMILES string of the molecule is Cc1c(-c2cc3nccnc3c(OC[C@@H]3CNCCO3)n2)cnn1C.Cl. The normalized spacial score (nSPS) is 17.1. The van der Waals surface area contributed by atoms with Crippen LogP contribution in [0.3, 0.4) is 0 Å². The highest BCUT2D eigenvalue weighted by molar-refractivity contribution is 5.85. The molecule has 1 fully saturated rings. The fourth-order valence-electron chi connectivity index (χ4n) is 2.83. The van der Waals surface area contributed by atoms with Gasteiger partial charge >= 0.3 is 0 Å². The number of aromatic nitrogens is 5. The minimum Gasteiger partial charge on any atom is -0.473 e. The number of hydrogen-bond donors (Lipinski definition) is 1. The molecular formula is C17H21ClN6O2. The molecule has 1 saturated heterocycles. The number of nitrogens with one attached hydrogen (secondary N) is 1. The van der Waals surface area contributed by atoms with Crippen molar-refractivity contribution >= 4 is 23.4 Å². The third kappa shape index (κ3) is 3.62. The minimum absolute atomic E-state index is 0. The van der Waals surface area contributed by atoms with Gasteiger partial charge in [0.15, 0.2) is 5.52 Å². The van der Waals surface area contributed by atoms with E-state index >= 15 is 0 Å². The fourth-order valence-corrected chi connectivity index (χ4v) is 2.83. The maximum atomic E-state index is 5.96. The van der Waals surface area contributed by atoms with Crippen molar-refractivity contribution in [1.82, 2.24) is 30.0 Å². The second-order valence-electron chi connectivity index (χ2n) is 6.01. The number of hydrogen-bond acceptors (Lipinski definition) is 7. The van der Waals surface area contributed by atoms with Gasteiger partial charge in [-0.2, -0.15) is 5.10 Å². The molecule has 26 heavy (non-hydrogen) atoms. The van der Waals surface area contributed by atoms with Crippen LogP contribution in [0, 0.1) is 6.92 Å². The van der Waals surface area contributed by atoms with Gasteiger partial charge in [-0.3, -0.25) is 9.67 Å². The van der Waals surface area contributed by atoms with E-state index in [1.807, 2.05) is 24.7 Å². The zero-order valence-corrected chi connectivity index (χ0v) is 15.5. The number of nitrogens with zero attached hydrogens (tertiary/aromatic N) is 5. The lowest BCUT2D eigenvalue weighted by Gasteiger charge is -2.23. The molecule has 1 atom stereocenters. The van der Waals surface area contributed by atoms with Crippen molar-refractivity contribution < 1.29 is 9.47 Å². The number of ether oxygens (including phenoxy) is 2. The van der Waals surface area contributed by atoms with Crippen LogP contribution in [-0.2, 0) is 11.8 Å². The van der Waals surface area contributed by atoms with E-state index in [0.717, 1.165) is 35.6 Å². The molecule has 1 aliphatic rings. The van der Waals surface area contributed by atoms with E-state index in [9.17, 15) is 0 Å². The van der Waals surface area contributed by atoms with Crippen molar-refractivity contribution in [3.63, 3.8) is 0 Å². The Morgan fingerprint density at radius 2 is 2.19 bits per heavy atom. The number of morpholine rings is 1. The standard InChI is InChI=1S/C17H20N6O2.ClH/c1-11-13(9-21-23(11)2)14-7-15-16(20-4-3-19-15)17(22-14)25-10-12-8-18-5-6-24-12;/h3-4,7,9,12,18H,5-6,8,10H2,1-2H3;1H/t12-;/m0./s1. The van der Waals surface area contributed by atoms with Gasteiger partial charge in [0.25, 0.3) is 0 Å². The lowest BCUT2D eigenvalue weighted by atomic mass is 10.1. The highest BCUT2D eigenvalue weighted by Crippen LogP contribution is 2.28. The topological polar surface area (TPSA) is 87.0 Å². The molecule has 1 aliphatic heterocycles. The largest absolute Gasteiger partial charge is 0.473 e. The molecule has 1 N–H and O–H groups in total. The van der Waals surface area contributed by atoms with Gasteiger partial charge in [-0.25, -0.2) is 9.97 Å². The van der Waals surface area contributed by atoms with Crippen LogP contribution in [0.15, 0.2) is 24.7 Å². The average Bonchev–Trinajstić information content (AvgIpc) is 2.99. The molecule has 9 heteroatoms. The molecule has 0 radical (unpaired) electrons. The molecule has 0 aliphatic carbocycles. The number of rotatable bonds is 4. The molecule has 0 aromatic carbocycles. The first kappa shape index (κ1) is 18.5. The summed E-state index contributed by atoms with van der Waals surface area (Å²) in [5.41, 5.74) is 4.15. The quantitative estimate of drug-likeness (QED) is 0.738. The van der Waals surface area contributed by atoms with Gasteiger partial charge in [-0.05, 0) is 13.0 Å². The predicted molar refractivity (Wildman–Crippen MR) is 99.6 cm³/mol. The molecular weight excluding hydrogens is 356 g/mol. The van der Waals surface area contributed by atoms with Crippen molar-refractivity contribution in [2.45, 2.75) is 13.0 Å². The van der Waals surface area contributed by atoms with Crippen LogP contribution in [0.5, 0.6) is 5.88 Å². The lowest BCUT2D eigenvalue weighted by Crippen LogP contribution is -2.41. The molecule has 4 rings (SSSR count). The second kappa shape index (κ2) is 7.94. The van der Waals surface area contributed by atoms with Crippen molar-refractivity contribution in [2.75, 3.05) is 26.3 Å². The van der Waals surface area contributed by atoms with E-state index in [4.69, 9.17) is 9.47 Å². The van der Waals surface area contributed by atoms with Crippen LogP contribution in [0.25, 0.3) is 22.3 Å². The summed E-state index contributed by atoms with van der Waals surface area (Å²) in [6.45, 7) is 4.76. The van der Waals surface area contributed by atoms with Crippen molar-refractivity contribution in [3.8, 4) is 17.1 Å². The smallest absolute Gasteiger partial charge is 0.242 e. The molecule has 0 spiro atoms. The Bertz CT molecular complexity index is 894. The third-order valence-electron chi connectivity index (χ3n) is 4.35. The molecule has 0 saturated carbocycles. The summed E-state index contributed by atoms with van der Waals surface area (Å²) >= 11 is 0. The Morgan fingerprint density at radius 1 is 1.35 bits per heavy atom. The highest BCUT2D eigenvalue weighted by Gasteiger charge is 2.18.